The number of nitrogens with zero attached hydrogens (tertiary/aromatic N) is 9. The second-order valence-electron chi connectivity index (χ2n) is 31.0. The van der Waals surface area contributed by atoms with Gasteiger partial charge in [-0.25, -0.2) is 14.8 Å². The van der Waals surface area contributed by atoms with Gasteiger partial charge in [0.05, 0.1) is 23.3 Å². The van der Waals surface area contributed by atoms with E-state index in [4.69, 9.17) is 73.1 Å². The fraction of sp³-hybridized carbons (Fsp3) is 0.238. The van der Waals surface area contributed by atoms with Gasteiger partial charge in [0, 0.05) is 103 Å². The van der Waals surface area contributed by atoms with Crippen LogP contribution in [0.25, 0.3) is 89.7 Å². The van der Waals surface area contributed by atoms with Crippen molar-refractivity contribution in [3.05, 3.63) is 309 Å². The minimum absolute atomic E-state index is 0. The van der Waals surface area contributed by atoms with Crippen LogP contribution < -0.4 is 9.97 Å². The molecule has 8 bridgehead atoms. The minimum Gasteiger partial charge on any atom is -0.461 e. The van der Waals surface area contributed by atoms with Gasteiger partial charge in [0.2, 0.25) is 0 Å². The average molecular weight is 1750 g/mol. The second-order valence-corrected chi connectivity index (χ2v) is 31.0. The molecule has 25 nitrogen and oxygen atoms in total. The molecule has 13 aromatic rings. The van der Waals surface area contributed by atoms with Crippen molar-refractivity contribution in [1.29, 1.82) is 0 Å². The first-order chi connectivity index (χ1) is 61.6. The van der Waals surface area contributed by atoms with Gasteiger partial charge >= 0.3 is 61.3 Å². The van der Waals surface area contributed by atoms with Gasteiger partial charge in [-0.15, -0.1) is 5.06 Å². The van der Waals surface area contributed by atoms with Gasteiger partial charge in [-0.05, 0) is 188 Å². The van der Waals surface area contributed by atoms with Crippen LogP contribution >= 0.6 is 0 Å². The zero-order chi connectivity index (χ0) is 86.7. The van der Waals surface area contributed by atoms with Gasteiger partial charge in [-0.1, -0.05) is 200 Å². The second kappa shape index (κ2) is 41.9. The van der Waals surface area contributed by atoms with Crippen LogP contribution in [0.3, 0.4) is 0 Å². The first-order valence-corrected chi connectivity index (χ1v) is 42.1. The van der Waals surface area contributed by atoms with Crippen molar-refractivity contribution >= 4 is 97.7 Å². The van der Waals surface area contributed by atoms with Crippen molar-refractivity contribution in [2.24, 2.45) is 0 Å². The van der Waals surface area contributed by atoms with Crippen molar-refractivity contribution in [3.8, 4) is 45.6 Å². The number of carbonyl (C=O) groups excluding carboxylic acids is 9. The predicted molar refractivity (Wildman–Crippen MR) is 466 cm³/mol. The Balaban J connectivity index is 0.0000124. The molecule has 634 valence electrons. The molecule has 0 aliphatic carbocycles. The molecular weight excluding hydrogens is 1660 g/mol. The maximum atomic E-state index is 14.0. The number of benzene rings is 10. The van der Waals surface area contributed by atoms with Crippen molar-refractivity contribution in [2.45, 2.75) is 155 Å². The predicted octanol–water partition coefficient (Wildman–Crippen LogP) is 16.5. The van der Waals surface area contributed by atoms with Gasteiger partial charge in [0.25, 0.3) is 11.8 Å². The molecule has 16 rings (SSSR count). The zero-order valence-electron chi connectivity index (χ0n) is 69.8. The average Bonchev–Trinajstić information content (AvgIpc) is 1.57. The number of aryl methyl sites for hydroxylation is 7. The molecular formula is C101H87N9O16Zn. The van der Waals surface area contributed by atoms with Crippen LogP contribution in [0.4, 0.5) is 0 Å². The molecule has 2 amide bonds. The summed E-state index contributed by atoms with van der Waals surface area (Å²) in [7, 11) is 0. The van der Waals surface area contributed by atoms with Gasteiger partial charge in [0.15, 0.2) is 0 Å². The third-order valence-electron chi connectivity index (χ3n) is 22.1. The van der Waals surface area contributed by atoms with Gasteiger partial charge < -0.3 is 63.2 Å². The Kier molecular flexibility index (Phi) is 28.8. The summed E-state index contributed by atoms with van der Waals surface area (Å²) < 4.78 is 35.1. The summed E-state index contributed by atoms with van der Waals surface area (Å²) in [5, 5.41) is 2.57. The van der Waals surface area contributed by atoms with E-state index in [0.717, 1.165) is 38.9 Å². The fourth-order valence-corrected chi connectivity index (χ4v) is 15.4. The number of amides is 2. The number of fused-ring (bicyclic) bond motifs is 20. The molecule has 0 saturated carbocycles. The van der Waals surface area contributed by atoms with E-state index < -0.39 is 53.6 Å². The van der Waals surface area contributed by atoms with Crippen molar-refractivity contribution in [2.75, 3.05) is 0 Å². The van der Waals surface area contributed by atoms with Crippen LogP contribution in [0.15, 0.2) is 237 Å². The van der Waals surface area contributed by atoms with Gasteiger partial charge in [0.1, 0.15) is 39.6 Å². The molecule has 0 atom stereocenters. The van der Waals surface area contributed by atoms with E-state index >= 15 is 0 Å². The Morgan fingerprint density at radius 2 is 0.528 bits per heavy atom. The number of aromatic nitrogens is 8. The topological polar surface area (TPSA) is 327 Å². The molecule has 10 aromatic carbocycles. The Labute approximate surface area is 743 Å². The molecule has 127 heavy (non-hydrogen) atoms. The Morgan fingerprint density at radius 1 is 0.268 bits per heavy atom. The number of imide groups is 1. The molecule has 0 radical (unpaired) electrons. The standard InChI is InChI=1S/C101H87N9O16.Zn/c111-85-43-44-86(112)110(85)126-93(119)34-20-19-21-64-35-42-77-78(51-64)95-102-94(77)103-96-79-52-71(36-45-87(113)120-58-65-22-7-1-8-23-65)72(37-46-88(114)121-59-66-24-9-2-10-25-66)53-80(79)98(105-96)107-100-83-56-75(40-49-91(117)124-62-69-30-15-5-16-31-69)76(41-50-92(118)125-63-70-32-17-6-18-33-70)57-84(83)101(109-100)108-99-82-55-74(39-48-90(116)123-61-68-28-13-4-14-29-68)73(54-81(82)97(104-95)106-99)38-47-89(115)122-60-67-26-11-3-12-27-67;/h1-18,22-33,35,42,51-57H,19-21,34,36-41,43-50,58-63H2;/q-2;+2. The number of hydroxylamine groups is 2. The van der Waals surface area contributed by atoms with Gasteiger partial charge in [-0.3, -0.25) is 38.4 Å². The summed E-state index contributed by atoms with van der Waals surface area (Å²) >= 11 is 0. The number of ether oxygens (including phenoxy) is 6. The quantitative estimate of drug-likeness (QED) is 0.0116. The van der Waals surface area contributed by atoms with Crippen LogP contribution in [0.1, 0.15) is 143 Å². The van der Waals surface area contributed by atoms with Crippen molar-refractivity contribution in [1.82, 2.24) is 44.9 Å². The normalized spacial score (nSPS) is 12.0. The number of esters is 6. The molecule has 0 unspecified atom stereocenters. The van der Waals surface area contributed by atoms with Crippen LogP contribution in [0.5, 0.6) is 0 Å². The first kappa shape index (κ1) is 87.5. The molecule has 3 aromatic heterocycles. The Bertz CT molecular complexity index is 6420. The number of hydrogen-bond acceptors (Lipinski definition) is 22. The molecule has 26 heteroatoms. The maximum absolute atomic E-state index is 14.0. The van der Waals surface area contributed by atoms with E-state index in [2.05, 4.69) is 0 Å². The first-order valence-electron chi connectivity index (χ1n) is 42.1. The number of rotatable bonds is 36. The SMILES string of the molecule is O=C(CCc1cc2c(cc1CCC(=O)OCc1ccccc1)-c1nc-2nc2[n-]c(nc3nc(nc4[n-]c(n1)c1cc(CCC(=O)OCc5ccccc5)c(CCC(=O)OCc5ccccc5)cc41)-c1cc(CCC(=O)OCc4ccccc4)c(CCC(=O)OCc4ccccc4)cc1-3)c1cc(CCCCC(=O)ON3C(=O)CCC3=O)ccc21)OCc1ccccc1.[Zn+2]. The minimum atomic E-state index is -0.716. The van der Waals surface area contributed by atoms with E-state index in [1.54, 1.807) is 0 Å². The van der Waals surface area contributed by atoms with E-state index in [1.165, 1.54) is 0 Å². The molecule has 0 spiro atoms. The zero-order valence-corrected chi connectivity index (χ0v) is 72.7. The largest absolute Gasteiger partial charge is 2.00 e. The molecule has 0 N–H and O–H groups in total. The van der Waals surface area contributed by atoms with Crippen LogP contribution in [0.2, 0.25) is 0 Å². The summed E-state index contributed by atoms with van der Waals surface area (Å²) in [4.78, 5) is 170. The summed E-state index contributed by atoms with van der Waals surface area (Å²) in [5.74, 6) is -4.03. The maximum Gasteiger partial charge on any atom is 2.00 e. The number of carbonyl (C=O) groups is 9. The number of unbranched alkanes of at least 4 members (excludes halogenated alkanes) is 1. The van der Waals surface area contributed by atoms with E-state index in [0.29, 0.717) is 102 Å². The monoisotopic (exact) mass is 1750 g/mol. The van der Waals surface area contributed by atoms with Crippen LogP contribution in [-0.4, -0.2) is 88.6 Å². The third-order valence-corrected chi connectivity index (χ3v) is 22.1. The third kappa shape index (κ3) is 22.8. The van der Waals surface area contributed by atoms with Gasteiger partial charge in [-0.2, -0.15) is 0 Å². The van der Waals surface area contributed by atoms with E-state index in [9.17, 15) is 43.2 Å². The van der Waals surface area contributed by atoms with Crippen molar-refractivity contribution in [3.63, 3.8) is 0 Å². The van der Waals surface area contributed by atoms with E-state index in [1.807, 2.05) is 237 Å². The Morgan fingerprint density at radius 3 is 0.811 bits per heavy atom. The molecule has 1 fully saturated rings. The summed E-state index contributed by atoms with van der Waals surface area (Å²) in [6.07, 6.45) is 1.74. The van der Waals surface area contributed by atoms with Crippen LogP contribution in [0, 0.1) is 0 Å². The van der Waals surface area contributed by atoms with E-state index in [-0.39, 0.29) is 201 Å². The molecule has 6 heterocycles. The molecule has 3 aliphatic rings. The van der Waals surface area contributed by atoms with Crippen molar-refractivity contribution < 1.29 is 95.9 Å². The van der Waals surface area contributed by atoms with Crippen LogP contribution in [-0.2, 0) is 180 Å². The smallest absolute Gasteiger partial charge is 0.461 e. The summed E-state index contributed by atoms with van der Waals surface area (Å²) in [6.45, 7) is 0.292. The number of hydrogen-bond donors (Lipinski definition) is 0. The summed E-state index contributed by atoms with van der Waals surface area (Å²) in [6, 6.07) is 73.3. The Hall–Kier alpha value is -14.4. The molecule has 1 saturated heterocycles. The molecule has 3 aliphatic heterocycles. The fourth-order valence-electron chi connectivity index (χ4n) is 15.4. The summed E-state index contributed by atoms with van der Waals surface area (Å²) in [5.41, 5.74) is 12.3.